The van der Waals surface area contributed by atoms with Gasteiger partial charge in [0.2, 0.25) is 0 Å². The number of rotatable bonds is 2. The van der Waals surface area contributed by atoms with E-state index in [4.69, 9.17) is 4.74 Å². The monoisotopic (exact) mass is 358 g/mol. The van der Waals surface area contributed by atoms with Gasteiger partial charge in [0.15, 0.2) is 23.1 Å². The van der Waals surface area contributed by atoms with Gasteiger partial charge in [-0.2, -0.15) is 0 Å². The van der Waals surface area contributed by atoms with Crippen LogP contribution in [0, 0.1) is 5.92 Å². The van der Waals surface area contributed by atoms with Gasteiger partial charge in [-0.15, -0.1) is 0 Å². The molecular formula is C21H26O5. The number of ether oxygens (including phenoxy) is 1. The second kappa shape index (κ2) is 5.86. The van der Waals surface area contributed by atoms with Crippen LogP contribution in [0.1, 0.15) is 74.9 Å². The predicted octanol–water partition coefficient (Wildman–Crippen LogP) is 4.00. The molecular weight excluding hydrogens is 332 g/mol. The number of Topliss-reactive ketones (excluding diaryl/α,β-unsaturated/α-hetero) is 2. The SMILES string of the molecule is COc1c(O)c2c(c(O)c1C(C)C)C(=O)C[C@H]1C(C)=C(C)C(=O)C[C@]21C. The van der Waals surface area contributed by atoms with Crippen LogP contribution in [0.2, 0.25) is 0 Å². The summed E-state index contributed by atoms with van der Waals surface area (Å²) in [5.74, 6) is -0.608. The lowest BCUT2D eigenvalue weighted by Crippen LogP contribution is -2.45. The van der Waals surface area contributed by atoms with Crippen LogP contribution in [0.4, 0.5) is 0 Å². The quantitative estimate of drug-likeness (QED) is 0.781. The minimum Gasteiger partial charge on any atom is -0.507 e. The van der Waals surface area contributed by atoms with E-state index in [1.807, 2.05) is 27.7 Å². The summed E-state index contributed by atoms with van der Waals surface area (Å²) in [7, 11) is 1.43. The molecule has 2 aliphatic carbocycles. The molecule has 0 bridgehead atoms. The molecule has 0 amide bonds. The summed E-state index contributed by atoms with van der Waals surface area (Å²) in [4.78, 5) is 25.5. The van der Waals surface area contributed by atoms with Gasteiger partial charge in [0.25, 0.3) is 0 Å². The maximum absolute atomic E-state index is 12.9. The Hall–Kier alpha value is -2.30. The number of methoxy groups -OCH3 is 1. The van der Waals surface area contributed by atoms with Gasteiger partial charge in [-0.1, -0.05) is 26.3 Å². The largest absolute Gasteiger partial charge is 0.507 e. The number of ketones is 2. The molecule has 0 spiro atoms. The van der Waals surface area contributed by atoms with Crippen molar-refractivity contribution in [3.63, 3.8) is 0 Å². The van der Waals surface area contributed by atoms with Crippen molar-refractivity contribution in [3.05, 3.63) is 27.8 Å². The number of hydrogen-bond acceptors (Lipinski definition) is 5. The van der Waals surface area contributed by atoms with Gasteiger partial charge in [0, 0.05) is 29.4 Å². The van der Waals surface area contributed by atoms with Crippen molar-refractivity contribution in [3.8, 4) is 17.2 Å². The predicted molar refractivity (Wildman–Crippen MR) is 98.2 cm³/mol. The van der Waals surface area contributed by atoms with Crippen molar-refractivity contribution >= 4 is 11.6 Å². The highest BCUT2D eigenvalue weighted by molar-refractivity contribution is 6.06. The Morgan fingerprint density at radius 3 is 2.27 bits per heavy atom. The first-order chi connectivity index (χ1) is 12.1. The molecule has 2 atom stereocenters. The zero-order valence-corrected chi connectivity index (χ0v) is 16.2. The second-order valence-corrected chi connectivity index (χ2v) is 8.05. The van der Waals surface area contributed by atoms with Gasteiger partial charge in [-0.05, 0) is 31.3 Å². The number of phenolic OH excluding ortho intramolecular Hbond substituents is 2. The van der Waals surface area contributed by atoms with Crippen molar-refractivity contribution in [2.24, 2.45) is 5.92 Å². The third-order valence-corrected chi connectivity index (χ3v) is 6.29. The number of phenols is 2. The van der Waals surface area contributed by atoms with E-state index in [-0.39, 0.29) is 59.1 Å². The van der Waals surface area contributed by atoms with Crippen LogP contribution < -0.4 is 4.74 Å². The number of carbonyl (C=O) groups is 2. The van der Waals surface area contributed by atoms with Crippen LogP contribution in [0.15, 0.2) is 11.1 Å². The summed E-state index contributed by atoms with van der Waals surface area (Å²) in [6, 6.07) is 0. The molecule has 1 aromatic rings. The van der Waals surface area contributed by atoms with E-state index in [0.29, 0.717) is 16.7 Å². The lowest BCUT2D eigenvalue weighted by Gasteiger charge is -2.46. The molecule has 0 aliphatic heterocycles. The van der Waals surface area contributed by atoms with Crippen LogP contribution in [0.5, 0.6) is 17.2 Å². The zero-order chi connectivity index (χ0) is 19.5. The molecule has 0 radical (unpaired) electrons. The highest BCUT2D eigenvalue weighted by Crippen LogP contribution is 2.58. The fourth-order valence-corrected chi connectivity index (χ4v) is 4.77. The van der Waals surface area contributed by atoms with Crippen molar-refractivity contribution < 1.29 is 24.5 Å². The van der Waals surface area contributed by atoms with Gasteiger partial charge >= 0.3 is 0 Å². The number of aromatic hydroxyl groups is 2. The fourth-order valence-electron chi connectivity index (χ4n) is 4.77. The molecule has 0 heterocycles. The lowest BCUT2D eigenvalue weighted by atomic mass is 9.56. The highest BCUT2D eigenvalue weighted by Gasteiger charge is 2.52. The summed E-state index contributed by atoms with van der Waals surface area (Å²) in [6.45, 7) is 9.29. The Morgan fingerprint density at radius 1 is 1.12 bits per heavy atom. The van der Waals surface area contributed by atoms with Gasteiger partial charge in [-0.3, -0.25) is 9.59 Å². The second-order valence-electron chi connectivity index (χ2n) is 8.05. The number of carbonyl (C=O) groups excluding carboxylic acids is 2. The van der Waals surface area contributed by atoms with E-state index >= 15 is 0 Å². The minimum absolute atomic E-state index is 0.00680. The summed E-state index contributed by atoms with van der Waals surface area (Å²) in [5, 5.41) is 21.9. The van der Waals surface area contributed by atoms with Gasteiger partial charge < -0.3 is 14.9 Å². The smallest absolute Gasteiger partial charge is 0.167 e. The van der Waals surface area contributed by atoms with E-state index < -0.39 is 5.41 Å². The lowest BCUT2D eigenvalue weighted by molar-refractivity contribution is -0.117. The summed E-state index contributed by atoms with van der Waals surface area (Å²) in [5.41, 5.74) is 1.73. The van der Waals surface area contributed by atoms with Crippen LogP contribution in [-0.4, -0.2) is 28.9 Å². The van der Waals surface area contributed by atoms with E-state index in [1.54, 1.807) is 6.92 Å². The molecule has 3 rings (SSSR count). The summed E-state index contributed by atoms with van der Waals surface area (Å²) >= 11 is 0. The Morgan fingerprint density at radius 2 is 1.73 bits per heavy atom. The maximum Gasteiger partial charge on any atom is 0.167 e. The van der Waals surface area contributed by atoms with Gasteiger partial charge in [-0.25, -0.2) is 0 Å². The number of fused-ring (bicyclic) bond motifs is 3. The van der Waals surface area contributed by atoms with Crippen LogP contribution in [-0.2, 0) is 10.2 Å². The normalized spacial score (nSPS) is 25.4. The summed E-state index contributed by atoms with van der Waals surface area (Å²) < 4.78 is 5.40. The molecule has 0 saturated heterocycles. The maximum atomic E-state index is 12.9. The average molecular weight is 358 g/mol. The Kier molecular flexibility index (Phi) is 4.17. The fraction of sp³-hybridized carbons (Fsp3) is 0.524. The van der Waals surface area contributed by atoms with Gasteiger partial charge in [0.1, 0.15) is 5.75 Å². The molecule has 0 fully saturated rings. The molecule has 0 saturated carbocycles. The molecule has 140 valence electrons. The van der Waals surface area contributed by atoms with Crippen LogP contribution in [0.3, 0.4) is 0 Å². The number of hydrogen-bond donors (Lipinski definition) is 2. The van der Waals surface area contributed by atoms with E-state index in [2.05, 4.69) is 0 Å². The zero-order valence-electron chi connectivity index (χ0n) is 16.2. The highest BCUT2D eigenvalue weighted by atomic mass is 16.5. The van der Waals surface area contributed by atoms with E-state index in [1.165, 1.54) is 7.11 Å². The Labute approximate surface area is 153 Å². The molecule has 1 aromatic carbocycles. The van der Waals surface area contributed by atoms with Crippen molar-refractivity contribution in [2.45, 2.75) is 58.8 Å². The van der Waals surface area contributed by atoms with Crippen LogP contribution >= 0.6 is 0 Å². The number of allylic oxidation sites excluding steroid dienone is 2. The Bertz CT molecular complexity index is 862. The molecule has 5 nitrogen and oxygen atoms in total. The Balaban J connectivity index is 2.42. The molecule has 5 heteroatoms. The van der Waals surface area contributed by atoms with Crippen LogP contribution in [0.25, 0.3) is 0 Å². The van der Waals surface area contributed by atoms with Crippen molar-refractivity contribution in [1.29, 1.82) is 0 Å². The third-order valence-electron chi connectivity index (χ3n) is 6.29. The van der Waals surface area contributed by atoms with Crippen molar-refractivity contribution in [1.82, 2.24) is 0 Å². The van der Waals surface area contributed by atoms with E-state index in [9.17, 15) is 19.8 Å². The van der Waals surface area contributed by atoms with Gasteiger partial charge in [0.05, 0.1) is 12.7 Å². The molecule has 2 N–H and O–H groups in total. The molecule has 0 unspecified atom stereocenters. The summed E-state index contributed by atoms with van der Waals surface area (Å²) in [6.07, 6.45) is 0.412. The minimum atomic E-state index is -0.756. The first kappa shape index (κ1) is 18.5. The first-order valence-electron chi connectivity index (χ1n) is 8.96. The van der Waals surface area contributed by atoms with E-state index in [0.717, 1.165) is 5.57 Å². The molecule has 26 heavy (non-hydrogen) atoms. The topological polar surface area (TPSA) is 83.8 Å². The van der Waals surface area contributed by atoms with Crippen molar-refractivity contribution in [2.75, 3.05) is 7.11 Å². The average Bonchev–Trinajstić information content (AvgIpc) is 2.56. The third kappa shape index (κ3) is 2.22. The molecule has 0 aromatic heterocycles. The number of benzene rings is 1. The molecule has 2 aliphatic rings. The first-order valence-corrected chi connectivity index (χ1v) is 8.96. The standard InChI is InChI=1S/C21H26O5/c1-9(2)15-18(24)16-13(22)7-12-10(3)11(4)14(23)8-21(12,5)17(16)19(25)20(15)26-6/h9,12,24-25H,7-8H2,1-6H3/t12-,21-/m0/s1.